The predicted octanol–water partition coefficient (Wildman–Crippen LogP) is 2.79. The van der Waals surface area contributed by atoms with E-state index in [2.05, 4.69) is 5.10 Å². The Kier molecular flexibility index (Phi) is 4.22. The number of halogens is 1. The van der Waals surface area contributed by atoms with Crippen molar-refractivity contribution in [2.24, 2.45) is 28.8 Å². The molecule has 1 saturated carbocycles. The fourth-order valence-electron chi connectivity index (χ4n) is 4.22. The smallest absolute Gasteiger partial charge is 0.313 e. The molecule has 4 rings (SSSR count). The van der Waals surface area contributed by atoms with Crippen molar-refractivity contribution in [2.75, 3.05) is 6.61 Å². The summed E-state index contributed by atoms with van der Waals surface area (Å²) < 4.78 is 5.23. The monoisotopic (exact) mass is 389 g/mol. The minimum atomic E-state index is -0.603. The number of nitrogens with zero attached hydrogens (tertiary/aromatic N) is 3. The molecular formula is C18H16ClN3O5. The van der Waals surface area contributed by atoms with Crippen molar-refractivity contribution in [2.45, 2.75) is 13.3 Å². The Bertz CT molecular complexity index is 883. The fraction of sp³-hybridized carbons (Fsp3) is 0.389. The van der Waals surface area contributed by atoms with Crippen LogP contribution < -0.4 is 4.74 Å². The molecule has 2 amide bonds. The highest BCUT2D eigenvalue weighted by Crippen LogP contribution is 2.52. The molecule has 2 bridgehead atoms. The zero-order valence-corrected chi connectivity index (χ0v) is 15.1. The van der Waals surface area contributed by atoms with Gasteiger partial charge in [-0.15, -0.1) is 0 Å². The number of allylic oxidation sites excluding steroid dienone is 2. The van der Waals surface area contributed by atoms with Crippen LogP contribution >= 0.6 is 11.6 Å². The van der Waals surface area contributed by atoms with Gasteiger partial charge in [-0.1, -0.05) is 23.8 Å². The van der Waals surface area contributed by atoms with E-state index in [9.17, 15) is 19.7 Å². The normalized spacial score (nSPS) is 28.4. The Hall–Kier alpha value is -2.74. The Morgan fingerprint density at radius 2 is 1.93 bits per heavy atom. The van der Waals surface area contributed by atoms with Crippen LogP contribution in [0.2, 0.25) is 5.02 Å². The summed E-state index contributed by atoms with van der Waals surface area (Å²) in [5, 5.41) is 16.2. The molecule has 0 radical (unpaired) electrons. The second-order valence-electron chi connectivity index (χ2n) is 6.77. The number of nitro benzene ring substituents is 1. The average molecular weight is 390 g/mol. The van der Waals surface area contributed by atoms with E-state index in [1.807, 2.05) is 12.2 Å². The van der Waals surface area contributed by atoms with Crippen LogP contribution in [0.15, 0.2) is 29.4 Å². The number of hydrogen-bond donors (Lipinski definition) is 0. The number of amides is 2. The Labute approximate surface area is 159 Å². The summed E-state index contributed by atoms with van der Waals surface area (Å²) in [7, 11) is 0. The van der Waals surface area contributed by atoms with E-state index in [4.69, 9.17) is 16.3 Å². The molecular weight excluding hydrogens is 374 g/mol. The van der Waals surface area contributed by atoms with Gasteiger partial charge in [-0.3, -0.25) is 19.7 Å². The first-order valence-corrected chi connectivity index (χ1v) is 9.01. The predicted molar refractivity (Wildman–Crippen MR) is 96.4 cm³/mol. The molecule has 2 fully saturated rings. The molecule has 1 aliphatic heterocycles. The number of carbonyl (C=O) groups excluding carboxylic acids is 2. The number of benzene rings is 1. The number of carbonyl (C=O) groups is 2. The summed E-state index contributed by atoms with van der Waals surface area (Å²) in [5.41, 5.74) is -0.00195. The number of hydrazone groups is 1. The van der Waals surface area contributed by atoms with Crippen LogP contribution in [0, 0.1) is 33.8 Å². The standard InChI is InChI=1S/C18H16ClN3O5/c1-2-27-16-12(19)5-9(6-13(16)22(25)26)8-20-21-17(23)14-10-3-4-11(7-10)15(14)18(21)24/h3-6,8,10-11,14-15H,2,7H2,1H3/t10-,11-,14-,15+/m0/s1. The topological polar surface area (TPSA) is 102 Å². The van der Waals surface area contributed by atoms with Gasteiger partial charge in [-0.2, -0.15) is 10.1 Å². The summed E-state index contributed by atoms with van der Waals surface area (Å²) in [6.45, 7) is 1.92. The zero-order valence-electron chi connectivity index (χ0n) is 14.4. The molecule has 1 saturated heterocycles. The summed E-state index contributed by atoms with van der Waals surface area (Å²) >= 11 is 6.09. The van der Waals surface area contributed by atoms with E-state index in [1.165, 1.54) is 18.3 Å². The van der Waals surface area contributed by atoms with E-state index in [1.54, 1.807) is 6.92 Å². The SMILES string of the molecule is CCOc1c(Cl)cc(C=NN2C(=O)[C@@H]3[C@H](C2=O)[C@H]2C=C[C@H]3C2)cc1[N+](=O)[O-]. The summed E-state index contributed by atoms with van der Waals surface area (Å²) in [6.07, 6.45) is 6.07. The zero-order chi connectivity index (χ0) is 19.3. The maximum atomic E-state index is 12.6. The number of imide groups is 1. The van der Waals surface area contributed by atoms with Crippen LogP contribution in [-0.2, 0) is 9.59 Å². The van der Waals surface area contributed by atoms with Crippen molar-refractivity contribution in [1.82, 2.24) is 5.01 Å². The van der Waals surface area contributed by atoms with Crippen LogP contribution in [0.3, 0.4) is 0 Å². The number of rotatable bonds is 5. The Morgan fingerprint density at radius 3 is 2.48 bits per heavy atom. The molecule has 2 aliphatic carbocycles. The molecule has 0 N–H and O–H groups in total. The lowest BCUT2D eigenvalue weighted by atomic mass is 9.85. The molecule has 140 valence electrons. The van der Waals surface area contributed by atoms with Gasteiger partial charge >= 0.3 is 5.69 Å². The maximum Gasteiger partial charge on any atom is 0.313 e. The molecule has 4 atom stereocenters. The average Bonchev–Trinajstić information content (AvgIpc) is 3.30. The molecule has 0 unspecified atom stereocenters. The third-order valence-corrected chi connectivity index (χ3v) is 5.58. The van der Waals surface area contributed by atoms with Crippen molar-refractivity contribution in [3.05, 3.63) is 45.0 Å². The lowest BCUT2D eigenvalue weighted by Crippen LogP contribution is -2.28. The van der Waals surface area contributed by atoms with Gasteiger partial charge in [0.05, 0.1) is 34.6 Å². The van der Waals surface area contributed by atoms with Gasteiger partial charge < -0.3 is 4.74 Å². The van der Waals surface area contributed by atoms with E-state index in [0.29, 0.717) is 5.56 Å². The molecule has 8 nitrogen and oxygen atoms in total. The number of nitro groups is 1. The summed E-state index contributed by atoms with van der Waals surface area (Å²) in [5.74, 6) is -1.15. The van der Waals surface area contributed by atoms with Crippen molar-refractivity contribution >= 4 is 35.3 Å². The molecule has 1 aromatic carbocycles. The van der Waals surface area contributed by atoms with E-state index >= 15 is 0 Å². The van der Waals surface area contributed by atoms with Crippen LogP contribution in [0.25, 0.3) is 0 Å². The Morgan fingerprint density at radius 1 is 1.30 bits per heavy atom. The fourth-order valence-corrected chi connectivity index (χ4v) is 4.50. The highest BCUT2D eigenvalue weighted by molar-refractivity contribution is 6.32. The van der Waals surface area contributed by atoms with Crippen molar-refractivity contribution in [3.8, 4) is 5.75 Å². The van der Waals surface area contributed by atoms with Crippen LogP contribution in [-0.4, -0.2) is 34.6 Å². The number of ether oxygens (including phenoxy) is 1. The number of hydrogen-bond acceptors (Lipinski definition) is 6. The minimum absolute atomic E-state index is 0.0215. The third-order valence-electron chi connectivity index (χ3n) is 5.30. The van der Waals surface area contributed by atoms with Crippen molar-refractivity contribution < 1.29 is 19.2 Å². The molecule has 0 aromatic heterocycles. The number of fused-ring (bicyclic) bond motifs is 5. The largest absolute Gasteiger partial charge is 0.486 e. The quantitative estimate of drug-likeness (QED) is 0.253. The van der Waals surface area contributed by atoms with Gasteiger partial charge in [0.15, 0.2) is 0 Å². The van der Waals surface area contributed by atoms with Crippen LogP contribution in [0.4, 0.5) is 5.69 Å². The van der Waals surface area contributed by atoms with Crippen molar-refractivity contribution in [3.63, 3.8) is 0 Å². The van der Waals surface area contributed by atoms with Gasteiger partial charge in [-0.05, 0) is 31.2 Å². The van der Waals surface area contributed by atoms with Gasteiger partial charge in [-0.25, -0.2) is 0 Å². The second-order valence-corrected chi connectivity index (χ2v) is 7.18. The Balaban J connectivity index is 1.61. The second kappa shape index (κ2) is 6.45. The molecule has 27 heavy (non-hydrogen) atoms. The molecule has 0 spiro atoms. The van der Waals surface area contributed by atoms with Gasteiger partial charge in [0.25, 0.3) is 11.8 Å². The molecule has 9 heteroatoms. The third kappa shape index (κ3) is 2.71. The maximum absolute atomic E-state index is 12.6. The highest BCUT2D eigenvalue weighted by atomic mass is 35.5. The highest BCUT2D eigenvalue weighted by Gasteiger charge is 2.59. The molecule has 3 aliphatic rings. The lowest BCUT2D eigenvalue weighted by Gasteiger charge is -2.13. The van der Waals surface area contributed by atoms with Gasteiger partial charge in [0.2, 0.25) is 5.75 Å². The van der Waals surface area contributed by atoms with Gasteiger partial charge in [0, 0.05) is 11.6 Å². The van der Waals surface area contributed by atoms with E-state index in [0.717, 1.165) is 11.4 Å². The first-order chi connectivity index (χ1) is 12.9. The van der Waals surface area contributed by atoms with Gasteiger partial charge in [0.1, 0.15) is 0 Å². The minimum Gasteiger partial charge on any atom is -0.486 e. The summed E-state index contributed by atoms with van der Waals surface area (Å²) in [4.78, 5) is 35.9. The molecule has 1 heterocycles. The first kappa shape index (κ1) is 17.7. The van der Waals surface area contributed by atoms with E-state index in [-0.39, 0.29) is 58.6 Å². The van der Waals surface area contributed by atoms with Crippen LogP contribution in [0.5, 0.6) is 5.75 Å². The lowest BCUT2D eigenvalue weighted by molar-refractivity contribution is -0.385. The molecule has 1 aromatic rings. The first-order valence-electron chi connectivity index (χ1n) is 8.63. The summed E-state index contributed by atoms with van der Waals surface area (Å²) in [6, 6.07) is 2.69. The van der Waals surface area contributed by atoms with E-state index < -0.39 is 4.92 Å². The van der Waals surface area contributed by atoms with Crippen LogP contribution in [0.1, 0.15) is 18.9 Å². The van der Waals surface area contributed by atoms with Crippen molar-refractivity contribution in [1.29, 1.82) is 0 Å².